The van der Waals surface area contributed by atoms with Gasteiger partial charge in [0.2, 0.25) is 0 Å². The number of furan rings is 1. The summed E-state index contributed by atoms with van der Waals surface area (Å²) in [6.45, 7) is 6.21. The number of esters is 1. The minimum Gasteiger partial charge on any atom is -0.467 e. The van der Waals surface area contributed by atoms with Crippen molar-refractivity contribution in [1.82, 2.24) is 10.2 Å². The summed E-state index contributed by atoms with van der Waals surface area (Å²) < 4.78 is 15.5. The summed E-state index contributed by atoms with van der Waals surface area (Å²) in [6, 6.07) is 3.47. The van der Waals surface area contributed by atoms with E-state index < -0.39 is 11.6 Å². The topological polar surface area (TPSA) is 98.1 Å². The molecule has 1 fully saturated rings. The molecular weight excluding hydrogens is 340 g/mol. The van der Waals surface area contributed by atoms with E-state index in [1.165, 1.54) is 6.26 Å². The Hall–Kier alpha value is -2.51. The third-order valence-corrected chi connectivity index (χ3v) is 3.87. The lowest BCUT2D eigenvalue weighted by atomic mass is 9.97. The van der Waals surface area contributed by atoms with Crippen LogP contribution in [0, 0.1) is 5.92 Å². The lowest BCUT2D eigenvalue weighted by Crippen LogP contribution is -2.43. The summed E-state index contributed by atoms with van der Waals surface area (Å²) >= 11 is 0. The van der Waals surface area contributed by atoms with Gasteiger partial charge in [-0.15, -0.1) is 0 Å². The first-order valence-electron chi connectivity index (χ1n) is 8.68. The molecular formula is C18H26N2O6. The molecule has 144 valence electrons. The molecule has 0 spiro atoms. The lowest BCUT2D eigenvalue weighted by molar-refractivity contribution is -0.154. The highest BCUT2D eigenvalue weighted by atomic mass is 16.6. The van der Waals surface area contributed by atoms with Crippen LogP contribution in [0.15, 0.2) is 22.8 Å². The van der Waals surface area contributed by atoms with Crippen molar-refractivity contribution >= 4 is 18.0 Å². The van der Waals surface area contributed by atoms with Crippen molar-refractivity contribution in [2.24, 2.45) is 5.92 Å². The molecule has 0 aromatic carbocycles. The van der Waals surface area contributed by atoms with Crippen LogP contribution in [-0.4, -0.2) is 48.2 Å². The lowest BCUT2D eigenvalue weighted by Gasteiger charge is -2.32. The van der Waals surface area contributed by atoms with Crippen LogP contribution in [0.5, 0.6) is 0 Å². The molecule has 1 aromatic rings. The van der Waals surface area contributed by atoms with Crippen LogP contribution in [0.25, 0.3) is 0 Å². The molecule has 0 aliphatic carbocycles. The summed E-state index contributed by atoms with van der Waals surface area (Å²) in [4.78, 5) is 37.4. The Morgan fingerprint density at radius 1 is 1.27 bits per heavy atom. The Balaban J connectivity index is 1.66. The Morgan fingerprint density at radius 3 is 2.54 bits per heavy atom. The molecule has 26 heavy (non-hydrogen) atoms. The summed E-state index contributed by atoms with van der Waals surface area (Å²) in [5.74, 6) is -0.492. The second kappa shape index (κ2) is 8.73. The molecule has 8 heteroatoms. The van der Waals surface area contributed by atoms with Gasteiger partial charge in [-0.2, -0.15) is 0 Å². The summed E-state index contributed by atoms with van der Waals surface area (Å²) in [5, 5.41) is 2.61. The average molecular weight is 366 g/mol. The van der Waals surface area contributed by atoms with Gasteiger partial charge in [-0.05, 0) is 45.7 Å². The van der Waals surface area contributed by atoms with Crippen LogP contribution in [0.1, 0.15) is 39.4 Å². The molecule has 8 nitrogen and oxygen atoms in total. The minimum absolute atomic E-state index is 0.248. The normalized spacial score (nSPS) is 15.4. The van der Waals surface area contributed by atoms with Crippen LogP contribution in [0.3, 0.4) is 0 Å². The number of hydrogen-bond donors (Lipinski definition) is 1. The molecule has 1 aliphatic rings. The number of piperidine rings is 1. The molecule has 1 aliphatic heterocycles. The van der Waals surface area contributed by atoms with Crippen molar-refractivity contribution in [3.63, 3.8) is 0 Å². The number of nitrogens with one attached hydrogen (secondary N) is 1. The molecule has 1 aromatic heterocycles. The largest absolute Gasteiger partial charge is 0.467 e. The molecule has 0 atom stereocenters. The van der Waals surface area contributed by atoms with Gasteiger partial charge in [-0.1, -0.05) is 0 Å². The van der Waals surface area contributed by atoms with E-state index in [0.717, 1.165) is 0 Å². The molecule has 1 N–H and O–H groups in total. The number of amides is 2. The number of ether oxygens (including phenoxy) is 2. The van der Waals surface area contributed by atoms with E-state index in [4.69, 9.17) is 13.9 Å². The van der Waals surface area contributed by atoms with Crippen LogP contribution in [0.2, 0.25) is 0 Å². The van der Waals surface area contributed by atoms with Gasteiger partial charge >= 0.3 is 12.1 Å². The van der Waals surface area contributed by atoms with E-state index >= 15 is 0 Å². The van der Waals surface area contributed by atoms with Crippen molar-refractivity contribution in [1.29, 1.82) is 0 Å². The fraction of sp³-hybridized carbons (Fsp3) is 0.611. The molecule has 1 saturated heterocycles. The van der Waals surface area contributed by atoms with E-state index in [9.17, 15) is 14.4 Å². The van der Waals surface area contributed by atoms with E-state index in [1.54, 1.807) is 17.0 Å². The molecule has 0 bridgehead atoms. The van der Waals surface area contributed by atoms with Gasteiger partial charge in [0, 0.05) is 13.1 Å². The van der Waals surface area contributed by atoms with E-state index in [2.05, 4.69) is 5.32 Å². The second-order valence-electron chi connectivity index (χ2n) is 7.21. The van der Waals surface area contributed by atoms with E-state index in [1.807, 2.05) is 20.8 Å². The molecule has 0 unspecified atom stereocenters. The van der Waals surface area contributed by atoms with Crippen molar-refractivity contribution in [3.8, 4) is 0 Å². The highest BCUT2D eigenvalue weighted by Crippen LogP contribution is 2.20. The van der Waals surface area contributed by atoms with Crippen molar-refractivity contribution in [2.45, 2.75) is 45.8 Å². The molecule has 2 rings (SSSR count). The first kappa shape index (κ1) is 19.8. The second-order valence-corrected chi connectivity index (χ2v) is 7.21. The van der Waals surface area contributed by atoms with Gasteiger partial charge in [0.1, 0.15) is 11.4 Å². The van der Waals surface area contributed by atoms with Crippen molar-refractivity contribution in [2.75, 3.05) is 19.7 Å². The van der Waals surface area contributed by atoms with Crippen molar-refractivity contribution < 1.29 is 28.3 Å². The maximum absolute atomic E-state index is 12.1. The predicted octanol–water partition coefficient (Wildman–Crippen LogP) is 2.09. The third-order valence-electron chi connectivity index (χ3n) is 3.87. The number of carbonyl (C=O) groups is 3. The highest BCUT2D eigenvalue weighted by molar-refractivity contribution is 5.81. The number of nitrogens with zero attached hydrogens (tertiary/aromatic N) is 1. The Bertz CT molecular complexity index is 612. The Morgan fingerprint density at radius 2 is 1.96 bits per heavy atom. The first-order valence-corrected chi connectivity index (χ1v) is 8.68. The van der Waals surface area contributed by atoms with Crippen LogP contribution < -0.4 is 5.32 Å². The Kier molecular flexibility index (Phi) is 6.65. The van der Waals surface area contributed by atoms with Gasteiger partial charge in [0.15, 0.2) is 6.61 Å². The number of likely N-dealkylation sites (tertiary alicyclic amines) is 1. The monoisotopic (exact) mass is 366 g/mol. The van der Waals surface area contributed by atoms with E-state index in [-0.39, 0.29) is 31.1 Å². The molecule has 0 radical (unpaired) electrons. The van der Waals surface area contributed by atoms with E-state index in [0.29, 0.717) is 31.7 Å². The zero-order valence-corrected chi connectivity index (χ0v) is 15.4. The van der Waals surface area contributed by atoms with Gasteiger partial charge in [0.05, 0.1) is 18.7 Å². The predicted molar refractivity (Wildman–Crippen MR) is 92.0 cm³/mol. The smallest absolute Gasteiger partial charge is 0.410 e. The Labute approximate surface area is 152 Å². The average Bonchev–Trinajstić information content (AvgIpc) is 3.10. The van der Waals surface area contributed by atoms with Gasteiger partial charge in [-0.25, -0.2) is 4.79 Å². The quantitative estimate of drug-likeness (QED) is 0.801. The van der Waals surface area contributed by atoms with Crippen molar-refractivity contribution in [3.05, 3.63) is 24.2 Å². The van der Waals surface area contributed by atoms with Crippen LogP contribution in [-0.2, 0) is 25.6 Å². The number of carbonyl (C=O) groups excluding carboxylic acids is 3. The SMILES string of the molecule is CC(C)(C)OC(=O)N1CCC(C(=O)OCC(=O)NCc2ccco2)CC1. The highest BCUT2D eigenvalue weighted by Gasteiger charge is 2.30. The van der Waals surface area contributed by atoms with Crippen LogP contribution in [0.4, 0.5) is 4.79 Å². The fourth-order valence-corrected chi connectivity index (χ4v) is 2.53. The summed E-state index contributed by atoms with van der Waals surface area (Å²) in [5.41, 5.74) is -0.546. The third kappa shape index (κ3) is 6.42. The zero-order valence-electron chi connectivity index (χ0n) is 15.4. The van der Waals surface area contributed by atoms with Gasteiger partial charge in [0.25, 0.3) is 5.91 Å². The number of hydrogen-bond acceptors (Lipinski definition) is 6. The first-order chi connectivity index (χ1) is 12.2. The summed E-state index contributed by atoms with van der Waals surface area (Å²) in [6.07, 6.45) is 2.13. The fourth-order valence-electron chi connectivity index (χ4n) is 2.53. The van der Waals surface area contributed by atoms with Gasteiger partial charge in [-0.3, -0.25) is 9.59 Å². The molecule has 2 amide bonds. The van der Waals surface area contributed by atoms with Crippen LogP contribution >= 0.6 is 0 Å². The standard InChI is InChI=1S/C18H26N2O6/c1-18(2,3)26-17(23)20-8-6-13(7-9-20)16(22)25-12-15(21)19-11-14-5-4-10-24-14/h4-5,10,13H,6-9,11-12H2,1-3H3,(H,19,21). The maximum atomic E-state index is 12.1. The zero-order chi connectivity index (χ0) is 19.2. The van der Waals surface area contributed by atoms with Gasteiger partial charge < -0.3 is 24.1 Å². The number of rotatable bonds is 5. The molecule has 2 heterocycles. The maximum Gasteiger partial charge on any atom is 0.410 e. The summed E-state index contributed by atoms with van der Waals surface area (Å²) in [7, 11) is 0. The minimum atomic E-state index is -0.546. The molecule has 0 saturated carbocycles.